The first-order valence-electron chi connectivity index (χ1n) is 6.24. The third-order valence-corrected chi connectivity index (χ3v) is 4.98. The number of hydrogen-bond donors (Lipinski definition) is 0. The molecule has 0 radical (unpaired) electrons. The smallest absolute Gasteiger partial charge is 0.0844 e. The number of ether oxygens (including phenoxy) is 1. The maximum Gasteiger partial charge on any atom is 0.0844 e. The first-order chi connectivity index (χ1) is 6.90. The van der Waals surface area contributed by atoms with Crippen molar-refractivity contribution >= 4 is 0 Å². The van der Waals surface area contributed by atoms with E-state index in [2.05, 4.69) is 12.2 Å². The van der Waals surface area contributed by atoms with Gasteiger partial charge in [0.2, 0.25) is 0 Å². The molecule has 6 atom stereocenters. The molecule has 76 valence electrons. The molecule has 1 saturated heterocycles. The van der Waals surface area contributed by atoms with E-state index in [0.29, 0.717) is 12.2 Å². The fourth-order valence-corrected chi connectivity index (χ4v) is 4.19. The average Bonchev–Trinajstić information content (AvgIpc) is 2.67. The van der Waals surface area contributed by atoms with Gasteiger partial charge in [0.25, 0.3) is 0 Å². The first kappa shape index (κ1) is 7.92. The van der Waals surface area contributed by atoms with E-state index in [0.717, 1.165) is 23.7 Å². The number of epoxide rings is 1. The van der Waals surface area contributed by atoms with Crippen LogP contribution in [-0.4, -0.2) is 12.2 Å². The summed E-state index contributed by atoms with van der Waals surface area (Å²) < 4.78 is 5.63. The van der Waals surface area contributed by atoms with Crippen LogP contribution in [0.4, 0.5) is 0 Å². The molecule has 1 nitrogen and oxygen atoms in total. The summed E-state index contributed by atoms with van der Waals surface area (Å²) in [6, 6.07) is 0. The molecule has 0 aromatic heterocycles. The van der Waals surface area contributed by atoms with E-state index in [-0.39, 0.29) is 0 Å². The lowest BCUT2D eigenvalue weighted by Crippen LogP contribution is -2.24. The molecule has 1 aliphatic heterocycles. The summed E-state index contributed by atoms with van der Waals surface area (Å²) in [6.07, 6.45) is 13.5. The minimum atomic E-state index is 0.678. The Morgan fingerprint density at radius 1 is 0.929 bits per heavy atom. The Bertz CT molecular complexity index is 283. The Hall–Kier alpha value is -0.300. The second kappa shape index (κ2) is 2.63. The Balaban J connectivity index is 1.50. The van der Waals surface area contributed by atoms with Crippen LogP contribution in [0.25, 0.3) is 0 Å². The topological polar surface area (TPSA) is 12.5 Å². The normalized spacial score (nSPS) is 58.9. The molecule has 2 saturated carbocycles. The Morgan fingerprint density at radius 3 is 2.64 bits per heavy atom. The van der Waals surface area contributed by atoms with Gasteiger partial charge in [0, 0.05) is 0 Å². The van der Waals surface area contributed by atoms with E-state index < -0.39 is 0 Å². The van der Waals surface area contributed by atoms with Crippen molar-refractivity contribution in [3.8, 4) is 0 Å². The van der Waals surface area contributed by atoms with Crippen LogP contribution in [0, 0.1) is 23.7 Å². The van der Waals surface area contributed by atoms with E-state index in [1.807, 2.05) is 0 Å². The average molecular weight is 190 g/mol. The molecular weight excluding hydrogens is 172 g/mol. The highest BCUT2D eigenvalue weighted by atomic mass is 16.6. The summed E-state index contributed by atoms with van der Waals surface area (Å²) in [5, 5.41) is 0. The van der Waals surface area contributed by atoms with Gasteiger partial charge in [-0.1, -0.05) is 12.2 Å². The standard InChI is InChI=1S/C13H18O/c1-2-9-5-8(1)6-11(9)10-3-4-12-13(7-10)14-12/h1-2,8-13H,3-7H2. The van der Waals surface area contributed by atoms with Gasteiger partial charge in [0.15, 0.2) is 0 Å². The van der Waals surface area contributed by atoms with Crippen LogP contribution < -0.4 is 0 Å². The van der Waals surface area contributed by atoms with Crippen LogP contribution in [0.5, 0.6) is 0 Å². The van der Waals surface area contributed by atoms with Crippen LogP contribution in [-0.2, 0) is 4.74 Å². The zero-order valence-electron chi connectivity index (χ0n) is 8.56. The lowest BCUT2D eigenvalue weighted by molar-refractivity contribution is 0.231. The first-order valence-corrected chi connectivity index (χ1v) is 6.24. The number of rotatable bonds is 1. The van der Waals surface area contributed by atoms with Gasteiger partial charge < -0.3 is 4.74 Å². The van der Waals surface area contributed by atoms with Crippen molar-refractivity contribution in [1.82, 2.24) is 0 Å². The van der Waals surface area contributed by atoms with Crippen LogP contribution in [0.1, 0.15) is 32.1 Å². The SMILES string of the molecule is C1=CC2CC1CC2C1CCC2OC2C1. The number of allylic oxidation sites excluding steroid dienone is 2. The highest BCUT2D eigenvalue weighted by Gasteiger charge is 2.48. The third-order valence-electron chi connectivity index (χ3n) is 4.98. The van der Waals surface area contributed by atoms with Crippen molar-refractivity contribution in [2.45, 2.75) is 44.3 Å². The molecule has 3 fully saturated rings. The minimum Gasteiger partial charge on any atom is -0.370 e. The van der Waals surface area contributed by atoms with Crippen molar-refractivity contribution in [3.05, 3.63) is 12.2 Å². The van der Waals surface area contributed by atoms with E-state index in [4.69, 9.17) is 4.74 Å². The molecule has 0 aromatic carbocycles. The van der Waals surface area contributed by atoms with Gasteiger partial charge in [0.1, 0.15) is 0 Å². The highest BCUT2D eigenvalue weighted by Crippen LogP contribution is 2.52. The quantitative estimate of drug-likeness (QED) is 0.457. The van der Waals surface area contributed by atoms with Gasteiger partial charge in [-0.25, -0.2) is 0 Å². The van der Waals surface area contributed by atoms with E-state index in [1.54, 1.807) is 0 Å². The summed E-state index contributed by atoms with van der Waals surface area (Å²) in [5.41, 5.74) is 0. The maximum atomic E-state index is 5.63. The maximum absolute atomic E-state index is 5.63. The summed E-state index contributed by atoms with van der Waals surface area (Å²) in [5.74, 6) is 3.91. The number of fused-ring (bicyclic) bond motifs is 3. The van der Waals surface area contributed by atoms with Gasteiger partial charge in [0.05, 0.1) is 12.2 Å². The zero-order chi connectivity index (χ0) is 9.12. The van der Waals surface area contributed by atoms with Crippen LogP contribution in [0.2, 0.25) is 0 Å². The monoisotopic (exact) mass is 190 g/mol. The second-order valence-electron chi connectivity index (χ2n) is 5.73. The molecule has 0 spiro atoms. The molecule has 0 aromatic rings. The van der Waals surface area contributed by atoms with Crippen LogP contribution in [0.3, 0.4) is 0 Å². The van der Waals surface area contributed by atoms with Gasteiger partial charge in [-0.05, 0) is 55.8 Å². The van der Waals surface area contributed by atoms with Crippen molar-refractivity contribution in [2.24, 2.45) is 23.7 Å². The summed E-state index contributed by atoms with van der Waals surface area (Å²) in [4.78, 5) is 0. The van der Waals surface area contributed by atoms with Crippen LogP contribution in [0.15, 0.2) is 12.2 Å². The Kier molecular flexibility index (Phi) is 1.49. The van der Waals surface area contributed by atoms with E-state index in [1.165, 1.54) is 32.1 Å². The molecule has 2 bridgehead atoms. The highest BCUT2D eigenvalue weighted by molar-refractivity contribution is 5.12. The van der Waals surface area contributed by atoms with Gasteiger partial charge >= 0.3 is 0 Å². The predicted molar refractivity (Wildman–Crippen MR) is 54.8 cm³/mol. The summed E-state index contributed by atoms with van der Waals surface area (Å²) >= 11 is 0. The Morgan fingerprint density at radius 2 is 1.93 bits per heavy atom. The third kappa shape index (κ3) is 1.05. The zero-order valence-corrected chi connectivity index (χ0v) is 8.56. The second-order valence-corrected chi connectivity index (χ2v) is 5.73. The summed E-state index contributed by atoms with van der Waals surface area (Å²) in [6.45, 7) is 0. The van der Waals surface area contributed by atoms with Crippen molar-refractivity contribution in [1.29, 1.82) is 0 Å². The predicted octanol–water partition coefficient (Wildman–Crippen LogP) is 2.77. The van der Waals surface area contributed by atoms with Crippen LogP contribution >= 0.6 is 0 Å². The van der Waals surface area contributed by atoms with Gasteiger partial charge in [-0.15, -0.1) is 0 Å². The fourth-order valence-electron chi connectivity index (χ4n) is 4.19. The molecule has 6 unspecified atom stereocenters. The van der Waals surface area contributed by atoms with Crippen molar-refractivity contribution in [3.63, 3.8) is 0 Å². The molecule has 1 heteroatoms. The van der Waals surface area contributed by atoms with Crippen molar-refractivity contribution < 1.29 is 4.74 Å². The molecule has 1 heterocycles. The fraction of sp³-hybridized carbons (Fsp3) is 0.846. The molecule has 4 aliphatic rings. The molecule has 14 heavy (non-hydrogen) atoms. The van der Waals surface area contributed by atoms with Crippen molar-refractivity contribution in [2.75, 3.05) is 0 Å². The lowest BCUT2D eigenvalue weighted by atomic mass is 9.74. The van der Waals surface area contributed by atoms with E-state index in [9.17, 15) is 0 Å². The largest absolute Gasteiger partial charge is 0.370 e. The number of hydrogen-bond acceptors (Lipinski definition) is 1. The van der Waals surface area contributed by atoms with Gasteiger partial charge in [-0.3, -0.25) is 0 Å². The van der Waals surface area contributed by atoms with Gasteiger partial charge in [-0.2, -0.15) is 0 Å². The molecule has 3 aliphatic carbocycles. The molecular formula is C13H18O. The molecule has 0 amide bonds. The van der Waals surface area contributed by atoms with E-state index >= 15 is 0 Å². The molecule has 0 N–H and O–H groups in total. The Labute approximate surface area is 85.5 Å². The summed E-state index contributed by atoms with van der Waals surface area (Å²) in [7, 11) is 0. The lowest BCUT2D eigenvalue weighted by Gasteiger charge is -2.29. The molecule has 4 rings (SSSR count). The minimum absolute atomic E-state index is 0.678.